The van der Waals surface area contributed by atoms with Crippen LogP contribution in [0.25, 0.3) is 0 Å². The van der Waals surface area contributed by atoms with Crippen molar-refractivity contribution in [2.24, 2.45) is 11.8 Å². The molecule has 126 valence electrons. The summed E-state index contributed by atoms with van der Waals surface area (Å²) >= 11 is 0. The van der Waals surface area contributed by atoms with Crippen LogP contribution in [0.3, 0.4) is 0 Å². The van der Waals surface area contributed by atoms with Crippen LogP contribution in [0.15, 0.2) is 23.4 Å². The Bertz CT molecular complexity index is 598. The lowest BCUT2D eigenvalue weighted by atomic mass is 9.96. The molecule has 3 aliphatic rings. The van der Waals surface area contributed by atoms with Crippen LogP contribution < -0.4 is 0 Å². The molecule has 2 amide bonds. The Balaban J connectivity index is 1.97. The van der Waals surface area contributed by atoms with Gasteiger partial charge >= 0.3 is 6.09 Å². The third kappa shape index (κ3) is 2.77. The third-order valence-electron chi connectivity index (χ3n) is 4.76. The monoisotopic (exact) mass is 318 g/mol. The van der Waals surface area contributed by atoms with Crippen LogP contribution in [0, 0.1) is 11.8 Å². The molecule has 0 aromatic rings. The Labute approximate surface area is 138 Å². The number of rotatable bonds is 1. The largest absolute Gasteiger partial charge is 0.443 e. The van der Waals surface area contributed by atoms with Crippen LogP contribution in [-0.4, -0.2) is 47.5 Å². The zero-order valence-electron chi connectivity index (χ0n) is 14.6. The lowest BCUT2D eigenvalue weighted by Crippen LogP contribution is -2.43. The number of hydrogen-bond donors (Lipinski definition) is 0. The van der Waals surface area contributed by atoms with Crippen molar-refractivity contribution in [3.63, 3.8) is 0 Å². The van der Waals surface area contributed by atoms with E-state index in [9.17, 15) is 9.59 Å². The fourth-order valence-electron chi connectivity index (χ4n) is 4.06. The second-order valence-electron chi connectivity index (χ2n) is 7.97. The summed E-state index contributed by atoms with van der Waals surface area (Å²) in [6.45, 7) is 5.48. The van der Waals surface area contributed by atoms with Gasteiger partial charge in [0.05, 0.1) is 6.04 Å². The second-order valence-corrected chi connectivity index (χ2v) is 7.97. The minimum absolute atomic E-state index is 0.106. The first-order valence-corrected chi connectivity index (χ1v) is 8.33. The molecular weight excluding hydrogens is 292 g/mol. The number of nitrogens with zero attached hydrogens (tertiary/aromatic N) is 2. The molecule has 23 heavy (non-hydrogen) atoms. The van der Waals surface area contributed by atoms with E-state index in [1.165, 1.54) is 10.5 Å². The number of fused-ring (bicyclic) bond motifs is 3. The summed E-state index contributed by atoms with van der Waals surface area (Å²) < 4.78 is 5.50. The Hall–Kier alpha value is -1.78. The highest BCUT2D eigenvalue weighted by atomic mass is 16.6. The zero-order valence-corrected chi connectivity index (χ0v) is 14.6. The molecule has 0 unspecified atom stereocenters. The van der Waals surface area contributed by atoms with E-state index in [-0.39, 0.29) is 17.9 Å². The Morgan fingerprint density at radius 1 is 1.39 bits per heavy atom. The van der Waals surface area contributed by atoms with Gasteiger partial charge in [0.15, 0.2) is 0 Å². The van der Waals surface area contributed by atoms with Gasteiger partial charge in [-0.15, -0.1) is 0 Å². The molecule has 2 fully saturated rings. The van der Waals surface area contributed by atoms with Crippen molar-refractivity contribution in [1.29, 1.82) is 0 Å². The highest BCUT2D eigenvalue weighted by molar-refractivity contribution is 6.06. The Kier molecular flexibility index (Phi) is 3.77. The van der Waals surface area contributed by atoms with Gasteiger partial charge in [-0.1, -0.05) is 6.08 Å². The summed E-state index contributed by atoms with van der Waals surface area (Å²) in [7, 11) is 3.81. The maximum absolute atomic E-state index is 12.9. The smallest absolute Gasteiger partial charge is 0.417 e. The predicted octanol–water partition coefficient (Wildman–Crippen LogP) is 2.93. The second kappa shape index (κ2) is 5.39. The number of carbonyl (C=O) groups excluding carboxylic acids is 2. The van der Waals surface area contributed by atoms with E-state index < -0.39 is 11.7 Å². The molecule has 5 nitrogen and oxygen atoms in total. The standard InChI is InChI=1S/C18H26N2O3/c1-18(2,3)23-17(22)20-15-12-8-6-7-11(12)9-13(15)14(16(20)21)10-19(4)5/h8,10-11,13,15H,6-7,9H2,1-5H3/t11-,13+,15+/m0/s1. The molecule has 0 spiro atoms. The summed E-state index contributed by atoms with van der Waals surface area (Å²) in [6.07, 6.45) is 6.71. The molecule has 0 aromatic heterocycles. The number of ether oxygens (including phenoxy) is 1. The van der Waals surface area contributed by atoms with Gasteiger partial charge in [0, 0.05) is 31.8 Å². The number of amides is 2. The fourth-order valence-corrected chi connectivity index (χ4v) is 4.06. The van der Waals surface area contributed by atoms with Crippen molar-refractivity contribution >= 4 is 12.0 Å². The van der Waals surface area contributed by atoms with Crippen molar-refractivity contribution in [3.8, 4) is 0 Å². The van der Waals surface area contributed by atoms with E-state index in [1.54, 1.807) is 0 Å². The van der Waals surface area contributed by atoms with Crippen molar-refractivity contribution in [2.75, 3.05) is 14.1 Å². The molecule has 0 radical (unpaired) electrons. The van der Waals surface area contributed by atoms with E-state index in [0.717, 1.165) is 24.8 Å². The van der Waals surface area contributed by atoms with Crippen LogP contribution in [-0.2, 0) is 9.53 Å². The Morgan fingerprint density at radius 2 is 2.09 bits per heavy atom. The molecule has 1 heterocycles. The van der Waals surface area contributed by atoms with Crippen LogP contribution in [0.1, 0.15) is 40.0 Å². The van der Waals surface area contributed by atoms with E-state index in [2.05, 4.69) is 6.08 Å². The summed E-state index contributed by atoms with van der Waals surface area (Å²) in [5, 5.41) is 0. The number of hydrogen-bond acceptors (Lipinski definition) is 4. The average Bonchev–Trinajstić information content (AvgIpc) is 3.01. The molecule has 5 heteroatoms. The third-order valence-corrected chi connectivity index (χ3v) is 4.76. The number of carbonyl (C=O) groups is 2. The predicted molar refractivity (Wildman–Crippen MR) is 87.6 cm³/mol. The molecule has 1 saturated carbocycles. The lowest BCUT2D eigenvalue weighted by molar-refractivity contribution is -0.125. The van der Waals surface area contributed by atoms with Crippen LogP contribution in [0.4, 0.5) is 4.79 Å². The fraction of sp³-hybridized carbons (Fsp3) is 0.667. The van der Waals surface area contributed by atoms with Gasteiger partial charge < -0.3 is 9.64 Å². The van der Waals surface area contributed by atoms with E-state index in [4.69, 9.17) is 4.74 Å². The number of likely N-dealkylation sites (tertiary alicyclic amines) is 1. The van der Waals surface area contributed by atoms with Gasteiger partial charge in [0.25, 0.3) is 5.91 Å². The van der Waals surface area contributed by atoms with Gasteiger partial charge in [-0.3, -0.25) is 4.79 Å². The maximum Gasteiger partial charge on any atom is 0.417 e. The molecule has 2 aliphatic carbocycles. The molecule has 0 N–H and O–H groups in total. The summed E-state index contributed by atoms with van der Waals surface area (Å²) in [4.78, 5) is 28.8. The summed E-state index contributed by atoms with van der Waals surface area (Å²) in [5.74, 6) is 0.414. The highest BCUT2D eigenvalue weighted by Gasteiger charge is 2.56. The van der Waals surface area contributed by atoms with Crippen molar-refractivity contribution in [2.45, 2.75) is 51.7 Å². The van der Waals surface area contributed by atoms with Gasteiger partial charge in [-0.25, -0.2) is 9.69 Å². The van der Waals surface area contributed by atoms with Gasteiger partial charge in [-0.05, 0) is 51.5 Å². The Morgan fingerprint density at radius 3 is 2.70 bits per heavy atom. The van der Waals surface area contributed by atoms with E-state index >= 15 is 0 Å². The first-order valence-electron chi connectivity index (χ1n) is 8.33. The summed E-state index contributed by atoms with van der Waals surface area (Å²) in [6, 6.07) is -0.143. The molecule has 1 saturated heterocycles. The zero-order chi connectivity index (χ0) is 16.9. The van der Waals surface area contributed by atoms with Crippen LogP contribution in [0.5, 0.6) is 0 Å². The van der Waals surface area contributed by atoms with E-state index in [1.807, 2.05) is 46.0 Å². The topological polar surface area (TPSA) is 49.9 Å². The summed E-state index contributed by atoms with van der Waals surface area (Å²) in [5.41, 5.74) is 1.39. The van der Waals surface area contributed by atoms with Crippen molar-refractivity contribution < 1.29 is 14.3 Å². The average molecular weight is 318 g/mol. The van der Waals surface area contributed by atoms with Gasteiger partial charge in [0.1, 0.15) is 5.60 Å². The number of imide groups is 1. The quantitative estimate of drug-likeness (QED) is 0.551. The first-order chi connectivity index (χ1) is 10.7. The molecular formula is C18H26N2O3. The normalized spacial score (nSPS) is 31.3. The molecule has 0 bridgehead atoms. The number of allylic oxidation sites excluding steroid dienone is 1. The van der Waals surface area contributed by atoms with Crippen molar-refractivity contribution in [3.05, 3.63) is 23.4 Å². The maximum atomic E-state index is 12.9. The molecule has 3 atom stereocenters. The minimum Gasteiger partial charge on any atom is -0.443 e. The van der Waals surface area contributed by atoms with Gasteiger partial charge in [0.2, 0.25) is 0 Å². The molecule has 3 rings (SSSR count). The van der Waals surface area contributed by atoms with E-state index in [0.29, 0.717) is 5.92 Å². The van der Waals surface area contributed by atoms with Gasteiger partial charge in [-0.2, -0.15) is 0 Å². The van der Waals surface area contributed by atoms with Crippen LogP contribution >= 0.6 is 0 Å². The minimum atomic E-state index is -0.608. The SMILES string of the molecule is CN(C)C=C1C(=O)N(C(=O)OC(C)(C)C)[C@@H]2C3=CCC[C@H]3C[C@H]12. The van der Waals surface area contributed by atoms with Crippen LogP contribution in [0.2, 0.25) is 0 Å². The lowest BCUT2D eigenvalue weighted by Gasteiger charge is -2.27. The molecule has 1 aliphatic heterocycles. The van der Waals surface area contributed by atoms with Crippen molar-refractivity contribution in [1.82, 2.24) is 9.80 Å². The molecule has 0 aromatic carbocycles. The highest BCUT2D eigenvalue weighted by Crippen LogP contribution is 2.52. The first kappa shape index (κ1) is 16.1.